The molecule has 0 aliphatic heterocycles. The molecule has 1 unspecified atom stereocenters. The van der Waals surface area contributed by atoms with Crippen LogP contribution >= 0.6 is 0 Å². The summed E-state index contributed by atoms with van der Waals surface area (Å²) in [5, 5.41) is 3.23. The van der Waals surface area contributed by atoms with Crippen molar-refractivity contribution in [3.8, 4) is 5.75 Å². The van der Waals surface area contributed by atoms with Gasteiger partial charge in [-0.15, -0.1) is 0 Å². The Balaban J connectivity index is 2.70. The minimum Gasteiger partial charge on any atom is -0.497 e. The Labute approximate surface area is 133 Å². The first-order valence-corrected chi connectivity index (χ1v) is 7.58. The highest BCUT2D eigenvalue weighted by Crippen LogP contribution is 2.15. The van der Waals surface area contributed by atoms with Gasteiger partial charge in [0.25, 0.3) is 0 Å². The molecule has 4 nitrogen and oxygen atoms in total. The van der Waals surface area contributed by atoms with Crippen molar-refractivity contribution in [2.45, 2.75) is 40.3 Å². The van der Waals surface area contributed by atoms with Crippen molar-refractivity contribution >= 4 is 5.97 Å². The average Bonchev–Trinajstić information content (AvgIpc) is 2.47. The maximum Gasteiger partial charge on any atom is 0.327 e. The van der Waals surface area contributed by atoms with Crippen molar-refractivity contribution in [1.29, 1.82) is 0 Å². The van der Waals surface area contributed by atoms with Gasteiger partial charge in [0.15, 0.2) is 0 Å². The summed E-state index contributed by atoms with van der Waals surface area (Å²) in [6, 6.07) is 7.31. The third-order valence-corrected chi connectivity index (χ3v) is 3.01. The highest BCUT2D eigenvalue weighted by Gasteiger charge is 2.17. The van der Waals surface area contributed by atoms with Crippen LogP contribution in [0, 0.1) is 5.41 Å². The van der Waals surface area contributed by atoms with E-state index in [1.54, 1.807) is 7.11 Å². The molecule has 0 aliphatic rings. The Morgan fingerprint density at radius 1 is 1.27 bits per heavy atom. The number of rotatable bonds is 7. The molecular formula is C18H27NO3. The summed E-state index contributed by atoms with van der Waals surface area (Å²) in [7, 11) is 1.64. The number of benzene rings is 1. The lowest BCUT2D eigenvalue weighted by Crippen LogP contribution is -2.36. The van der Waals surface area contributed by atoms with Crippen LogP contribution in [0.5, 0.6) is 5.75 Å². The van der Waals surface area contributed by atoms with E-state index in [0.29, 0.717) is 13.2 Å². The molecule has 4 heteroatoms. The average molecular weight is 305 g/mol. The predicted octanol–water partition coefficient (Wildman–Crippen LogP) is 3.32. The standard InChI is InChI=1S/C18H27NO3/c1-6-22-17(20)16(11-12-18(2,3)4)19-13-14-7-9-15(21-5)10-8-14/h7-12,16,19H,6,13H2,1-5H3/b12-11+. The van der Waals surface area contributed by atoms with Gasteiger partial charge in [0.2, 0.25) is 0 Å². The molecule has 0 aliphatic carbocycles. The van der Waals surface area contributed by atoms with E-state index >= 15 is 0 Å². The maximum atomic E-state index is 12.0. The molecule has 0 amide bonds. The third kappa shape index (κ3) is 6.76. The van der Waals surface area contributed by atoms with Gasteiger partial charge in [-0.3, -0.25) is 10.1 Å². The van der Waals surface area contributed by atoms with Gasteiger partial charge in [0.1, 0.15) is 11.8 Å². The van der Waals surface area contributed by atoms with E-state index in [2.05, 4.69) is 26.1 Å². The number of allylic oxidation sites excluding steroid dienone is 1. The Bertz CT molecular complexity index is 486. The second kappa shape index (κ2) is 8.59. The quantitative estimate of drug-likeness (QED) is 0.620. The van der Waals surface area contributed by atoms with Crippen LogP contribution in [0.25, 0.3) is 0 Å². The number of carbonyl (C=O) groups is 1. The van der Waals surface area contributed by atoms with Crippen LogP contribution in [0.4, 0.5) is 0 Å². The fourth-order valence-electron chi connectivity index (χ4n) is 1.82. The van der Waals surface area contributed by atoms with E-state index in [4.69, 9.17) is 9.47 Å². The van der Waals surface area contributed by atoms with Crippen LogP contribution in [0.1, 0.15) is 33.3 Å². The van der Waals surface area contributed by atoms with Crippen molar-refractivity contribution < 1.29 is 14.3 Å². The summed E-state index contributed by atoms with van der Waals surface area (Å²) in [6.07, 6.45) is 3.90. The van der Waals surface area contributed by atoms with Crippen molar-refractivity contribution in [3.63, 3.8) is 0 Å². The molecular weight excluding hydrogens is 278 g/mol. The Kier molecular flexibility index (Phi) is 7.12. The number of ether oxygens (including phenoxy) is 2. The fourth-order valence-corrected chi connectivity index (χ4v) is 1.82. The second-order valence-electron chi connectivity index (χ2n) is 6.18. The monoisotopic (exact) mass is 305 g/mol. The van der Waals surface area contributed by atoms with Gasteiger partial charge in [-0.25, -0.2) is 0 Å². The van der Waals surface area contributed by atoms with Crippen LogP contribution in [-0.4, -0.2) is 25.7 Å². The number of hydrogen-bond donors (Lipinski definition) is 1. The molecule has 1 N–H and O–H groups in total. The molecule has 0 aromatic heterocycles. The highest BCUT2D eigenvalue weighted by atomic mass is 16.5. The van der Waals surface area contributed by atoms with Gasteiger partial charge in [-0.1, -0.05) is 45.1 Å². The third-order valence-electron chi connectivity index (χ3n) is 3.01. The second-order valence-corrected chi connectivity index (χ2v) is 6.18. The van der Waals surface area contributed by atoms with Crippen molar-refractivity contribution in [2.24, 2.45) is 5.41 Å². The van der Waals surface area contributed by atoms with E-state index < -0.39 is 6.04 Å². The van der Waals surface area contributed by atoms with Crippen LogP contribution in [0.2, 0.25) is 0 Å². The Morgan fingerprint density at radius 3 is 2.41 bits per heavy atom. The fraction of sp³-hybridized carbons (Fsp3) is 0.500. The summed E-state index contributed by atoms with van der Waals surface area (Å²) in [5.41, 5.74) is 1.10. The van der Waals surface area contributed by atoms with Crippen LogP contribution < -0.4 is 10.1 Å². The molecule has 0 fully saturated rings. The molecule has 1 rings (SSSR count). The van der Waals surface area contributed by atoms with E-state index in [-0.39, 0.29) is 11.4 Å². The van der Waals surface area contributed by atoms with Crippen molar-refractivity contribution in [3.05, 3.63) is 42.0 Å². The molecule has 122 valence electrons. The zero-order valence-corrected chi connectivity index (χ0v) is 14.2. The van der Waals surface area contributed by atoms with E-state index in [1.807, 2.05) is 43.3 Å². The maximum absolute atomic E-state index is 12.0. The molecule has 1 atom stereocenters. The molecule has 1 aromatic rings. The molecule has 0 bridgehead atoms. The van der Waals surface area contributed by atoms with Crippen molar-refractivity contribution in [2.75, 3.05) is 13.7 Å². The molecule has 0 spiro atoms. The lowest BCUT2D eigenvalue weighted by molar-refractivity contribution is -0.144. The molecule has 22 heavy (non-hydrogen) atoms. The van der Waals surface area contributed by atoms with E-state index in [1.165, 1.54) is 0 Å². The number of esters is 1. The Morgan fingerprint density at radius 2 is 1.91 bits per heavy atom. The lowest BCUT2D eigenvalue weighted by Gasteiger charge is -2.17. The Hall–Kier alpha value is -1.81. The molecule has 0 radical (unpaired) electrons. The number of methoxy groups -OCH3 is 1. The van der Waals surface area contributed by atoms with Gasteiger partial charge in [-0.05, 0) is 30.0 Å². The number of nitrogens with one attached hydrogen (secondary N) is 1. The van der Waals surface area contributed by atoms with E-state index in [9.17, 15) is 4.79 Å². The SMILES string of the molecule is CCOC(=O)C(/C=C/C(C)(C)C)NCc1ccc(OC)cc1. The normalized spacial score (nSPS) is 13.1. The first-order valence-electron chi connectivity index (χ1n) is 7.58. The zero-order valence-electron chi connectivity index (χ0n) is 14.2. The van der Waals surface area contributed by atoms with Gasteiger partial charge in [0, 0.05) is 6.54 Å². The van der Waals surface area contributed by atoms with Crippen LogP contribution in [0.3, 0.4) is 0 Å². The van der Waals surface area contributed by atoms with Gasteiger partial charge < -0.3 is 9.47 Å². The zero-order chi connectivity index (χ0) is 16.6. The summed E-state index contributed by atoms with van der Waals surface area (Å²) >= 11 is 0. The lowest BCUT2D eigenvalue weighted by atomic mass is 9.95. The molecule has 0 saturated carbocycles. The van der Waals surface area contributed by atoms with Crippen LogP contribution in [0.15, 0.2) is 36.4 Å². The highest BCUT2D eigenvalue weighted by molar-refractivity contribution is 5.78. The number of carbonyl (C=O) groups excluding carboxylic acids is 1. The minimum atomic E-state index is -0.443. The summed E-state index contributed by atoms with van der Waals surface area (Å²) in [6.45, 7) is 9.05. The van der Waals surface area contributed by atoms with Gasteiger partial charge in [-0.2, -0.15) is 0 Å². The first-order chi connectivity index (χ1) is 10.4. The van der Waals surface area contributed by atoms with Gasteiger partial charge >= 0.3 is 5.97 Å². The van der Waals surface area contributed by atoms with Gasteiger partial charge in [0.05, 0.1) is 13.7 Å². The van der Waals surface area contributed by atoms with E-state index in [0.717, 1.165) is 11.3 Å². The first kappa shape index (κ1) is 18.2. The molecule has 1 aromatic carbocycles. The minimum absolute atomic E-state index is 0.0204. The smallest absolute Gasteiger partial charge is 0.327 e. The molecule has 0 saturated heterocycles. The predicted molar refractivity (Wildman–Crippen MR) is 88.8 cm³/mol. The topological polar surface area (TPSA) is 47.6 Å². The summed E-state index contributed by atoms with van der Waals surface area (Å²) in [4.78, 5) is 12.0. The number of hydrogen-bond acceptors (Lipinski definition) is 4. The van der Waals surface area contributed by atoms with Crippen molar-refractivity contribution in [1.82, 2.24) is 5.32 Å². The summed E-state index contributed by atoms with van der Waals surface area (Å²) in [5.74, 6) is 0.565. The van der Waals surface area contributed by atoms with Crippen LogP contribution in [-0.2, 0) is 16.1 Å². The largest absolute Gasteiger partial charge is 0.497 e. The summed E-state index contributed by atoms with van der Waals surface area (Å²) < 4.78 is 10.3. The molecule has 0 heterocycles.